The van der Waals surface area contributed by atoms with Gasteiger partial charge >= 0.3 is 0 Å². The fourth-order valence-corrected chi connectivity index (χ4v) is 2.74. The number of rotatable bonds is 5. The molecule has 0 fully saturated rings. The maximum atomic E-state index is 8.68. The van der Waals surface area contributed by atoms with Gasteiger partial charge in [0.15, 0.2) is 0 Å². The first-order valence-electron chi connectivity index (χ1n) is 6.75. The van der Waals surface area contributed by atoms with Gasteiger partial charge in [-0.3, -0.25) is 4.90 Å². The highest BCUT2D eigenvalue weighted by atomic mass is 32.1. The van der Waals surface area contributed by atoms with Gasteiger partial charge in [0.1, 0.15) is 6.61 Å². The Balaban J connectivity index is 1.97. The first-order chi connectivity index (χ1) is 9.81. The number of hydrogen-bond acceptors (Lipinski definition) is 3. The van der Waals surface area contributed by atoms with E-state index in [9.17, 15) is 0 Å². The number of hydrogen-bond donors (Lipinski definition) is 1. The van der Waals surface area contributed by atoms with Gasteiger partial charge in [-0.2, -0.15) is 0 Å². The summed E-state index contributed by atoms with van der Waals surface area (Å²) in [5, 5.41) is 10.8. The monoisotopic (exact) mass is 285 g/mol. The van der Waals surface area contributed by atoms with Crippen LogP contribution in [0, 0.1) is 11.8 Å². The Labute approximate surface area is 124 Å². The topological polar surface area (TPSA) is 23.5 Å². The molecule has 2 aromatic rings. The molecule has 0 aliphatic heterocycles. The molecule has 0 saturated carbocycles. The Hall–Kier alpha value is -1.60. The summed E-state index contributed by atoms with van der Waals surface area (Å²) in [6.07, 6.45) is 0. The summed E-state index contributed by atoms with van der Waals surface area (Å²) in [6, 6.07) is 12.5. The molecule has 0 amide bonds. The van der Waals surface area contributed by atoms with Gasteiger partial charge in [0.2, 0.25) is 0 Å². The zero-order chi connectivity index (χ0) is 14.2. The van der Waals surface area contributed by atoms with Gasteiger partial charge in [0, 0.05) is 23.5 Å². The van der Waals surface area contributed by atoms with Crippen LogP contribution in [-0.2, 0) is 13.1 Å². The average molecular weight is 285 g/mol. The van der Waals surface area contributed by atoms with Gasteiger partial charge in [-0.1, -0.05) is 37.0 Å². The molecule has 0 aliphatic rings. The van der Waals surface area contributed by atoms with Crippen LogP contribution in [0.25, 0.3) is 0 Å². The summed E-state index contributed by atoms with van der Waals surface area (Å²) in [5.41, 5.74) is 2.24. The molecule has 1 aromatic heterocycles. The van der Waals surface area contributed by atoms with Gasteiger partial charge in [-0.05, 0) is 35.7 Å². The van der Waals surface area contributed by atoms with E-state index in [0.29, 0.717) is 0 Å². The molecule has 0 atom stereocenters. The number of thiophene rings is 1. The fourth-order valence-electron chi connectivity index (χ4n) is 2.00. The van der Waals surface area contributed by atoms with Gasteiger partial charge in [-0.15, -0.1) is 11.3 Å². The van der Waals surface area contributed by atoms with Crippen LogP contribution in [0.4, 0.5) is 0 Å². The Morgan fingerprint density at radius 2 is 1.95 bits per heavy atom. The zero-order valence-electron chi connectivity index (χ0n) is 11.7. The first-order valence-corrected chi connectivity index (χ1v) is 7.63. The van der Waals surface area contributed by atoms with E-state index in [1.807, 2.05) is 12.1 Å². The van der Waals surface area contributed by atoms with Crippen molar-refractivity contribution in [1.29, 1.82) is 0 Å². The van der Waals surface area contributed by atoms with Gasteiger partial charge < -0.3 is 5.11 Å². The quantitative estimate of drug-likeness (QED) is 0.853. The van der Waals surface area contributed by atoms with Crippen molar-refractivity contribution in [3.63, 3.8) is 0 Å². The van der Waals surface area contributed by atoms with E-state index in [0.717, 1.165) is 25.2 Å². The van der Waals surface area contributed by atoms with Gasteiger partial charge in [0.25, 0.3) is 0 Å². The molecule has 3 heteroatoms. The normalized spacial score (nSPS) is 10.3. The summed E-state index contributed by atoms with van der Waals surface area (Å²) < 4.78 is 0. The van der Waals surface area contributed by atoms with E-state index >= 15 is 0 Å². The van der Waals surface area contributed by atoms with E-state index in [2.05, 4.69) is 53.3 Å². The van der Waals surface area contributed by atoms with E-state index in [1.54, 1.807) is 11.3 Å². The lowest BCUT2D eigenvalue weighted by Crippen LogP contribution is -2.21. The molecule has 0 radical (unpaired) electrons. The summed E-state index contributed by atoms with van der Waals surface area (Å²) >= 11 is 1.81. The predicted molar refractivity (Wildman–Crippen MR) is 84.5 cm³/mol. The molecule has 1 heterocycles. The molecule has 0 aliphatic carbocycles. The molecular formula is C17H19NOS. The van der Waals surface area contributed by atoms with Crippen LogP contribution in [0.3, 0.4) is 0 Å². The number of nitrogens with zero attached hydrogens (tertiary/aromatic N) is 1. The lowest BCUT2D eigenvalue weighted by Gasteiger charge is -2.19. The van der Waals surface area contributed by atoms with Crippen LogP contribution in [0.2, 0.25) is 0 Å². The predicted octanol–water partition coefficient (Wildman–Crippen LogP) is 3.11. The number of aliphatic hydroxyl groups excluding tert-OH is 1. The Bertz CT molecular complexity index is 563. The van der Waals surface area contributed by atoms with E-state index in [4.69, 9.17) is 5.11 Å². The van der Waals surface area contributed by atoms with Crippen molar-refractivity contribution in [2.24, 2.45) is 0 Å². The highest BCUT2D eigenvalue weighted by Gasteiger charge is 2.05. The third-order valence-corrected chi connectivity index (χ3v) is 3.94. The van der Waals surface area contributed by atoms with Crippen LogP contribution in [0.15, 0.2) is 41.8 Å². The minimum Gasteiger partial charge on any atom is -0.384 e. The molecule has 0 bridgehead atoms. The Morgan fingerprint density at radius 1 is 1.15 bits per heavy atom. The average Bonchev–Trinajstić information content (AvgIpc) is 2.99. The number of benzene rings is 1. The third kappa shape index (κ3) is 4.50. The van der Waals surface area contributed by atoms with Crippen LogP contribution in [-0.4, -0.2) is 23.2 Å². The Kier molecular flexibility index (Phi) is 5.82. The minimum absolute atomic E-state index is 0.0911. The standard InChI is InChI=1S/C17H19NOS/c1-2-18(14-17-6-4-12-20-17)13-16-9-7-15(8-10-16)5-3-11-19/h4,6-10,12,19H,2,11,13-14H2,1H3. The molecule has 2 nitrogen and oxygen atoms in total. The fraction of sp³-hybridized carbons (Fsp3) is 0.294. The second-order valence-electron chi connectivity index (χ2n) is 4.54. The summed E-state index contributed by atoms with van der Waals surface area (Å²) in [7, 11) is 0. The van der Waals surface area contributed by atoms with Crippen LogP contribution in [0.1, 0.15) is 22.9 Å². The van der Waals surface area contributed by atoms with E-state index < -0.39 is 0 Å². The van der Waals surface area contributed by atoms with Crippen molar-refractivity contribution in [3.8, 4) is 11.8 Å². The summed E-state index contributed by atoms with van der Waals surface area (Å²) in [4.78, 5) is 3.82. The maximum absolute atomic E-state index is 8.68. The smallest absolute Gasteiger partial charge is 0.104 e. The zero-order valence-corrected chi connectivity index (χ0v) is 12.5. The van der Waals surface area contributed by atoms with E-state index in [-0.39, 0.29) is 6.61 Å². The maximum Gasteiger partial charge on any atom is 0.104 e. The molecule has 20 heavy (non-hydrogen) atoms. The van der Waals surface area contributed by atoms with Crippen molar-refractivity contribution in [2.45, 2.75) is 20.0 Å². The minimum atomic E-state index is -0.0911. The molecule has 0 saturated heterocycles. The van der Waals surface area contributed by atoms with E-state index in [1.165, 1.54) is 10.4 Å². The molecule has 0 unspecified atom stereocenters. The van der Waals surface area contributed by atoms with Gasteiger partial charge in [-0.25, -0.2) is 0 Å². The van der Waals surface area contributed by atoms with Crippen molar-refractivity contribution in [1.82, 2.24) is 4.90 Å². The highest BCUT2D eigenvalue weighted by molar-refractivity contribution is 7.09. The van der Waals surface area contributed by atoms with Crippen LogP contribution in [0.5, 0.6) is 0 Å². The van der Waals surface area contributed by atoms with Crippen molar-refractivity contribution >= 4 is 11.3 Å². The largest absolute Gasteiger partial charge is 0.384 e. The highest BCUT2D eigenvalue weighted by Crippen LogP contribution is 2.14. The van der Waals surface area contributed by atoms with Crippen molar-refractivity contribution < 1.29 is 5.11 Å². The number of aliphatic hydroxyl groups is 1. The third-order valence-electron chi connectivity index (χ3n) is 3.08. The second kappa shape index (κ2) is 7.86. The van der Waals surface area contributed by atoms with Crippen LogP contribution < -0.4 is 0 Å². The summed E-state index contributed by atoms with van der Waals surface area (Å²) in [5.74, 6) is 5.58. The van der Waals surface area contributed by atoms with Crippen LogP contribution >= 0.6 is 11.3 Å². The Morgan fingerprint density at radius 3 is 2.55 bits per heavy atom. The molecular weight excluding hydrogens is 266 g/mol. The molecule has 104 valence electrons. The lowest BCUT2D eigenvalue weighted by molar-refractivity contribution is 0.274. The van der Waals surface area contributed by atoms with Crippen molar-refractivity contribution in [3.05, 3.63) is 57.8 Å². The molecule has 1 N–H and O–H groups in total. The summed E-state index contributed by atoms with van der Waals surface area (Å²) in [6.45, 7) is 5.08. The first kappa shape index (κ1) is 14.8. The SMILES string of the molecule is CCN(Cc1ccc(C#CCO)cc1)Cc1cccs1. The lowest BCUT2D eigenvalue weighted by atomic mass is 10.1. The van der Waals surface area contributed by atoms with Crippen molar-refractivity contribution in [2.75, 3.05) is 13.2 Å². The molecule has 1 aromatic carbocycles. The molecule has 2 rings (SSSR count). The second-order valence-corrected chi connectivity index (χ2v) is 5.57. The van der Waals surface area contributed by atoms with Gasteiger partial charge in [0.05, 0.1) is 0 Å². The molecule has 0 spiro atoms.